The van der Waals surface area contributed by atoms with Crippen molar-refractivity contribution in [2.45, 2.75) is 49.8 Å². The van der Waals surface area contributed by atoms with E-state index in [9.17, 15) is 4.79 Å². The monoisotopic (exact) mass is 299 g/mol. The normalized spacial score (nSPS) is 15.0. The van der Waals surface area contributed by atoms with Gasteiger partial charge < -0.3 is 5.48 Å². The number of unbranched alkanes of at least 4 members (excludes halogenated alkanes) is 4. The van der Waals surface area contributed by atoms with Crippen molar-refractivity contribution >= 4 is 46.6 Å². The van der Waals surface area contributed by atoms with Gasteiger partial charge in [0.15, 0.2) is 5.78 Å². The highest BCUT2D eigenvalue weighted by molar-refractivity contribution is 7.99. The summed E-state index contributed by atoms with van der Waals surface area (Å²) in [6, 6.07) is 0. The average molecular weight is 300 g/mol. The first-order valence-electron chi connectivity index (χ1n) is 5.70. The van der Waals surface area contributed by atoms with Gasteiger partial charge in [-0.15, -0.1) is 23.2 Å². The summed E-state index contributed by atoms with van der Waals surface area (Å²) in [7, 11) is 0. The van der Waals surface area contributed by atoms with Crippen LogP contribution in [0.3, 0.4) is 0 Å². The minimum Gasteiger partial charge on any atom is -0.412 e. The van der Waals surface area contributed by atoms with E-state index in [2.05, 4.69) is 4.40 Å². The molecule has 0 unspecified atom stereocenters. The predicted octanol–water partition coefficient (Wildman–Crippen LogP) is 3.37. The number of nitrogens with zero attached hydrogens (tertiary/aromatic N) is 1. The fraction of sp³-hybridized carbons (Fsp3) is 0.818. The van der Waals surface area contributed by atoms with E-state index in [4.69, 9.17) is 23.2 Å². The number of hydrogen-bond donors (Lipinski definition) is 0. The van der Waals surface area contributed by atoms with Crippen molar-refractivity contribution in [1.29, 1.82) is 0 Å². The molecule has 1 aliphatic rings. The molecule has 0 aromatic heterocycles. The molecule has 0 spiro atoms. The van der Waals surface area contributed by atoms with Crippen LogP contribution >= 0.6 is 35.1 Å². The Morgan fingerprint density at radius 3 is 2.41 bits per heavy atom. The van der Waals surface area contributed by atoms with Crippen LogP contribution in [0.5, 0.6) is 0 Å². The van der Waals surface area contributed by atoms with Crippen LogP contribution in [0.25, 0.3) is 0 Å². The summed E-state index contributed by atoms with van der Waals surface area (Å²) in [4.78, 5) is 11.0. The van der Waals surface area contributed by atoms with E-state index in [0.717, 1.165) is 37.8 Å². The van der Waals surface area contributed by atoms with Crippen molar-refractivity contribution in [3.63, 3.8) is 0 Å². The van der Waals surface area contributed by atoms with Crippen molar-refractivity contribution in [1.82, 2.24) is 0 Å². The van der Waals surface area contributed by atoms with Crippen LogP contribution in [0.2, 0.25) is 0 Å². The van der Waals surface area contributed by atoms with E-state index in [1.807, 2.05) is 0 Å². The number of carbonyl (C=O) groups is 1. The SMILES string of the molecule is O.O=C1CSN=C1CCCCCCCC(Cl)Cl. The van der Waals surface area contributed by atoms with Gasteiger partial charge >= 0.3 is 0 Å². The van der Waals surface area contributed by atoms with Gasteiger partial charge in [0.25, 0.3) is 0 Å². The molecule has 17 heavy (non-hydrogen) atoms. The van der Waals surface area contributed by atoms with Crippen LogP contribution in [0.4, 0.5) is 0 Å². The molecule has 0 aliphatic carbocycles. The molecule has 1 aliphatic heterocycles. The average Bonchev–Trinajstić information content (AvgIpc) is 2.62. The molecular weight excluding hydrogens is 281 g/mol. The van der Waals surface area contributed by atoms with Crippen LogP contribution in [0.15, 0.2) is 4.40 Å². The van der Waals surface area contributed by atoms with Crippen LogP contribution in [-0.4, -0.2) is 27.6 Å². The van der Waals surface area contributed by atoms with Gasteiger partial charge in [-0.2, -0.15) is 0 Å². The van der Waals surface area contributed by atoms with Gasteiger partial charge in [-0.05, 0) is 31.2 Å². The summed E-state index contributed by atoms with van der Waals surface area (Å²) < 4.78 is 4.12. The lowest BCUT2D eigenvalue weighted by atomic mass is 10.1. The molecule has 1 rings (SSSR count). The second-order valence-electron chi connectivity index (χ2n) is 3.93. The van der Waals surface area contributed by atoms with E-state index in [1.54, 1.807) is 0 Å². The van der Waals surface area contributed by atoms with Gasteiger partial charge in [-0.25, -0.2) is 4.40 Å². The summed E-state index contributed by atoms with van der Waals surface area (Å²) in [6.45, 7) is 0. The summed E-state index contributed by atoms with van der Waals surface area (Å²) in [5.74, 6) is 0.763. The second kappa shape index (κ2) is 10.2. The fourth-order valence-electron chi connectivity index (χ4n) is 1.61. The van der Waals surface area contributed by atoms with Gasteiger partial charge in [-0.1, -0.05) is 25.7 Å². The topological polar surface area (TPSA) is 60.9 Å². The van der Waals surface area contributed by atoms with Gasteiger partial charge in [-0.3, -0.25) is 4.79 Å². The lowest BCUT2D eigenvalue weighted by Gasteiger charge is -2.02. The number of halogens is 2. The van der Waals surface area contributed by atoms with Crippen molar-refractivity contribution in [2.75, 3.05) is 5.75 Å². The zero-order chi connectivity index (χ0) is 11.8. The largest absolute Gasteiger partial charge is 0.412 e. The fourth-order valence-corrected chi connectivity index (χ4v) is 2.62. The van der Waals surface area contributed by atoms with Gasteiger partial charge in [0.05, 0.1) is 11.5 Å². The second-order valence-corrected chi connectivity index (χ2v) is 5.94. The molecule has 0 bridgehead atoms. The van der Waals surface area contributed by atoms with Gasteiger partial charge in [0.2, 0.25) is 0 Å². The highest BCUT2D eigenvalue weighted by atomic mass is 35.5. The Bertz CT molecular complexity index is 260. The number of alkyl halides is 2. The number of ketones is 1. The van der Waals surface area contributed by atoms with Crippen LogP contribution in [-0.2, 0) is 4.79 Å². The Morgan fingerprint density at radius 1 is 1.18 bits per heavy atom. The van der Waals surface area contributed by atoms with Crippen molar-refractivity contribution in [2.24, 2.45) is 4.40 Å². The van der Waals surface area contributed by atoms with Crippen LogP contribution in [0, 0.1) is 0 Å². The van der Waals surface area contributed by atoms with Crippen LogP contribution in [0.1, 0.15) is 44.9 Å². The third kappa shape index (κ3) is 8.03. The number of Topliss-reactive ketones (excluding diaryl/α,β-unsaturated/α-hetero) is 1. The van der Waals surface area contributed by atoms with E-state index >= 15 is 0 Å². The number of rotatable bonds is 8. The summed E-state index contributed by atoms with van der Waals surface area (Å²) in [6.07, 6.45) is 7.40. The molecule has 2 N–H and O–H groups in total. The van der Waals surface area contributed by atoms with E-state index in [1.165, 1.54) is 24.8 Å². The Morgan fingerprint density at radius 2 is 1.82 bits per heavy atom. The molecule has 0 aromatic rings. The summed E-state index contributed by atoms with van der Waals surface area (Å²) in [5, 5.41) is 0. The maximum atomic E-state index is 11.2. The molecule has 0 saturated heterocycles. The minimum atomic E-state index is -0.220. The molecule has 0 atom stereocenters. The quantitative estimate of drug-likeness (QED) is 0.392. The highest BCUT2D eigenvalue weighted by Gasteiger charge is 2.16. The Kier molecular flexibility index (Phi) is 10.3. The lowest BCUT2D eigenvalue weighted by molar-refractivity contribution is -0.110. The third-order valence-electron chi connectivity index (χ3n) is 2.53. The van der Waals surface area contributed by atoms with Crippen molar-refractivity contribution in [3.8, 4) is 0 Å². The standard InChI is InChI=1S/C11H17Cl2NOS.H2O/c12-11(13)7-5-3-1-2-4-6-9-10(15)8-16-14-9;/h11H,1-8H2;1H2. The first-order valence-corrected chi connectivity index (χ1v) is 7.52. The Balaban J connectivity index is 0.00000256. The summed E-state index contributed by atoms with van der Waals surface area (Å²) >= 11 is 12.6. The number of carbonyl (C=O) groups excluding carboxylic acids is 1. The molecule has 0 aromatic carbocycles. The molecule has 0 amide bonds. The maximum Gasteiger partial charge on any atom is 0.189 e. The van der Waals surface area contributed by atoms with Crippen molar-refractivity contribution < 1.29 is 10.3 Å². The molecule has 3 nitrogen and oxygen atoms in total. The predicted molar refractivity (Wildman–Crippen MR) is 76.3 cm³/mol. The van der Waals surface area contributed by atoms with E-state index in [0.29, 0.717) is 5.75 Å². The molecule has 6 heteroatoms. The van der Waals surface area contributed by atoms with E-state index < -0.39 is 0 Å². The molecule has 1 heterocycles. The van der Waals surface area contributed by atoms with Crippen molar-refractivity contribution in [3.05, 3.63) is 0 Å². The third-order valence-corrected chi connectivity index (χ3v) is 3.71. The molecular formula is C11H19Cl2NO2S. The van der Waals surface area contributed by atoms with Gasteiger partial charge in [0, 0.05) is 0 Å². The highest BCUT2D eigenvalue weighted by Crippen LogP contribution is 2.17. The maximum absolute atomic E-state index is 11.2. The lowest BCUT2D eigenvalue weighted by Crippen LogP contribution is -2.10. The van der Waals surface area contributed by atoms with Crippen LogP contribution < -0.4 is 0 Å². The van der Waals surface area contributed by atoms with E-state index in [-0.39, 0.29) is 16.1 Å². The molecule has 0 radical (unpaired) electrons. The first kappa shape index (κ1) is 17.2. The molecule has 100 valence electrons. The Hall–Kier alpha value is 0.230. The first-order chi connectivity index (χ1) is 7.70. The number of hydrogen-bond acceptors (Lipinski definition) is 3. The zero-order valence-electron chi connectivity index (χ0n) is 9.75. The minimum absolute atomic E-state index is 0. The summed E-state index contributed by atoms with van der Waals surface area (Å²) in [5.41, 5.74) is 0.784. The zero-order valence-corrected chi connectivity index (χ0v) is 12.1. The Labute approximate surface area is 117 Å². The smallest absolute Gasteiger partial charge is 0.189 e. The molecule has 0 saturated carbocycles. The molecule has 0 fully saturated rings. The van der Waals surface area contributed by atoms with Gasteiger partial charge in [0.1, 0.15) is 4.84 Å².